The Morgan fingerprint density at radius 3 is 2.66 bits per heavy atom. The molecule has 0 aromatic heterocycles. The molecule has 0 spiro atoms. The maximum absolute atomic E-state index is 13.6. The zero-order valence-electron chi connectivity index (χ0n) is 20.5. The Hall–Kier alpha value is -3.48. The van der Waals surface area contributed by atoms with Crippen LogP contribution in [0, 0.1) is 12.8 Å². The van der Waals surface area contributed by atoms with E-state index in [0.717, 1.165) is 17.5 Å². The first-order valence-electron chi connectivity index (χ1n) is 12.4. The minimum Gasteiger partial charge on any atom is -0.507 e. The number of phenolic OH excluding ortho intramolecular Hbond substituents is 2. The molecule has 0 saturated heterocycles. The Morgan fingerprint density at radius 2 is 1.91 bits per heavy atom. The van der Waals surface area contributed by atoms with Crippen molar-refractivity contribution in [2.45, 2.75) is 65.5 Å². The van der Waals surface area contributed by atoms with Gasteiger partial charge in [0.1, 0.15) is 22.8 Å². The highest BCUT2D eigenvalue weighted by atomic mass is 16.5. The number of nitrogens with one attached hydrogen (secondary N) is 1. The molecule has 1 aliphatic carbocycles. The van der Waals surface area contributed by atoms with Crippen molar-refractivity contribution in [2.24, 2.45) is 5.92 Å². The van der Waals surface area contributed by atoms with Crippen molar-refractivity contribution < 1.29 is 24.5 Å². The summed E-state index contributed by atoms with van der Waals surface area (Å²) < 4.78 is 6.06. The molecule has 7 nitrogen and oxygen atoms in total. The number of hydrogen-bond donors (Lipinski definition) is 3. The fourth-order valence-corrected chi connectivity index (χ4v) is 5.09. The highest BCUT2D eigenvalue weighted by molar-refractivity contribution is 6.02. The van der Waals surface area contributed by atoms with Gasteiger partial charge in [0.05, 0.1) is 6.61 Å². The second-order valence-corrected chi connectivity index (χ2v) is 9.48. The lowest BCUT2D eigenvalue weighted by molar-refractivity contribution is -0.111. The first-order chi connectivity index (χ1) is 16.9. The maximum Gasteiger partial charge on any atom is 0.262 e. The van der Waals surface area contributed by atoms with E-state index in [1.807, 2.05) is 18.2 Å². The molecule has 2 aliphatic rings. The number of rotatable bonds is 7. The smallest absolute Gasteiger partial charge is 0.262 e. The second-order valence-electron chi connectivity index (χ2n) is 9.48. The van der Waals surface area contributed by atoms with Gasteiger partial charge in [-0.1, -0.05) is 50.3 Å². The molecular formula is C28H34N2O5. The number of carbonyl (C=O) groups excluding carboxylic acids is 2. The molecule has 1 aliphatic heterocycles. The fraction of sp³-hybridized carbons (Fsp3) is 0.429. The molecule has 1 heterocycles. The number of allylic oxidation sites excluding steroid dienone is 1. The van der Waals surface area contributed by atoms with Crippen LogP contribution in [0.25, 0.3) is 0 Å². The zero-order valence-corrected chi connectivity index (χ0v) is 20.5. The van der Waals surface area contributed by atoms with Crippen molar-refractivity contribution in [3.8, 4) is 17.2 Å². The predicted octanol–water partition coefficient (Wildman–Crippen LogP) is 5.43. The van der Waals surface area contributed by atoms with Crippen LogP contribution in [0.4, 0.5) is 5.69 Å². The van der Waals surface area contributed by atoms with Gasteiger partial charge in [-0.05, 0) is 43.9 Å². The van der Waals surface area contributed by atoms with Crippen molar-refractivity contribution >= 4 is 17.5 Å². The van der Waals surface area contributed by atoms with E-state index in [1.165, 1.54) is 44.2 Å². The molecule has 186 valence electrons. The molecule has 2 amide bonds. The summed E-state index contributed by atoms with van der Waals surface area (Å²) in [5, 5.41) is 23.8. The van der Waals surface area contributed by atoms with E-state index < -0.39 is 0 Å². The highest BCUT2D eigenvalue weighted by Gasteiger charge is 2.31. The standard InChI is InChI=1S/C28H34N2O5/c1-3-8-25(33)29-22-12-7-11-20-16-30(17-21(20)22)28(34)26-24(32)15-23(31)18(2)27(26)35-14-13-19-9-5-4-6-10-19/h3,7-8,11-12,15,19,31-32H,4-6,9-10,13-14,16-17H2,1-2H3,(H,29,33)/b8-3+. The molecule has 2 aromatic rings. The summed E-state index contributed by atoms with van der Waals surface area (Å²) in [4.78, 5) is 27.3. The first kappa shape index (κ1) is 24.6. The topological polar surface area (TPSA) is 99.1 Å². The van der Waals surface area contributed by atoms with Gasteiger partial charge < -0.3 is 25.2 Å². The number of aromatic hydroxyl groups is 2. The Balaban J connectivity index is 1.54. The number of nitrogens with zero attached hydrogens (tertiary/aromatic N) is 1. The second kappa shape index (κ2) is 10.8. The van der Waals surface area contributed by atoms with E-state index in [2.05, 4.69) is 5.32 Å². The summed E-state index contributed by atoms with van der Waals surface area (Å²) in [6, 6.07) is 6.79. The van der Waals surface area contributed by atoms with Crippen molar-refractivity contribution in [1.29, 1.82) is 0 Å². The summed E-state index contributed by atoms with van der Waals surface area (Å²) >= 11 is 0. The molecule has 2 aromatic carbocycles. The molecule has 0 atom stereocenters. The lowest BCUT2D eigenvalue weighted by atomic mass is 9.87. The maximum atomic E-state index is 13.6. The summed E-state index contributed by atoms with van der Waals surface area (Å²) in [7, 11) is 0. The SMILES string of the molecule is C/C=C/C(=O)Nc1cccc2c1CN(C(=O)c1c(O)cc(O)c(C)c1OCCC1CCCCC1)C2. The van der Waals surface area contributed by atoms with E-state index >= 15 is 0 Å². The van der Waals surface area contributed by atoms with Crippen LogP contribution in [0.5, 0.6) is 17.2 Å². The van der Waals surface area contributed by atoms with E-state index in [1.54, 1.807) is 24.8 Å². The Labute approximate surface area is 206 Å². The van der Waals surface area contributed by atoms with Crippen LogP contribution in [-0.2, 0) is 17.9 Å². The average molecular weight is 479 g/mol. The summed E-state index contributed by atoms with van der Waals surface area (Å²) in [6.45, 7) is 4.53. The van der Waals surface area contributed by atoms with Gasteiger partial charge in [-0.15, -0.1) is 0 Å². The van der Waals surface area contributed by atoms with Gasteiger partial charge in [0.15, 0.2) is 0 Å². The van der Waals surface area contributed by atoms with Crippen LogP contribution in [0.2, 0.25) is 0 Å². The third kappa shape index (κ3) is 5.45. The summed E-state index contributed by atoms with van der Waals surface area (Å²) in [5.41, 5.74) is 2.97. The van der Waals surface area contributed by atoms with Crippen molar-refractivity contribution in [3.05, 3.63) is 58.7 Å². The van der Waals surface area contributed by atoms with E-state index in [0.29, 0.717) is 36.9 Å². The minimum absolute atomic E-state index is 0.0660. The minimum atomic E-state index is -0.375. The van der Waals surface area contributed by atoms with Gasteiger partial charge in [0.2, 0.25) is 5.91 Å². The molecule has 35 heavy (non-hydrogen) atoms. The molecule has 1 saturated carbocycles. The number of ether oxygens (including phenoxy) is 1. The van der Waals surface area contributed by atoms with Crippen molar-refractivity contribution in [2.75, 3.05) is 11.9 Å². The van der Waals surface area contributed by atoms with Crippen LogP contribution in [0.15, 0.2) is 36.4 Å². The van der Waals surface area contributed by atoms with Gasteiger partial charge in [-0.3, -0.25) is 9.59 Å². The van der Waals surface area contributed by atoms with Crippen LogP contribution in [0.1, 0.15) is 72.5 Å². The number of fused-ring (bicyclic) bond motifs is 1. The number of anilines is 1. The fourth-order valence-electron chi connectivity index (χ4n) is 5.09. The normalized spacial score (nSPS) is 15.9. The average Bonchev–Trinajstić information content (AvgIpc) is 3.28. The van der Waals surface area contributed by atoms with E-state index in [9.17, 15) is 19.8 Å². The first-order valence-corrected chi connectivity index (χ1v) is 12.4. The summed E-state index contributed by atoms with van der Waals surface area (Å²) in [5.74, 6) is -0.167. The number of carbonyl (C=O) groups is 2. The van der Waals surface area contributed by atoms with Crippen molar-refractivity contribution in [3.63, 3.8) is 0 Å². The van der Waals surface area contributed by atoms with Gasteiger partial charge in [-0.2, -0.15) is 0 Å². The molecule has 0 radical (unpaired) electrons. The third-order valence-electron chi connectivity index (χ3n) is 7.04. The lowest BCUT2D eigenvalue weighted by Crippen LogP contribution is -2.26. The molecule has 0 unspecified atom stereocenters. The van der Waals surface area contributed by atoms with Gasteiger partial charge >= 0.3 is 0 Å². The molecule has 0 bridgehead atoms. The zero-order chi connectivity index (χ0) is 24.9. The number of benzene rings is 2. The van der Waals surface area contributed by atoms with Gasteiger partial charge in [-0.25, -0.2) is 0 Å². The van der Waals surface area contributed by atoms with Gasteiger partial charge in [0, 0.05) is 36.0 Å². The van der Waals surface area contributed by atoms with E-state index in [4.69, 9.17) is 4.74 Å². The van der Waals surface area contributed by atoms with Crippen LogP contribution < -0.4 is 10.1 Å². The monoisotopic (exact) mass is 478 g/mol. The lowest BCUT2D eigenvalue weighted by Gasteiger charge is -2.23. The largest absolute Gasteiger partial charge is 0.507 e. The van der Waals surface area contributed by atoms with Crippen LogP contribution in [0.3, 0.4) is 0 Å². The van der Waals surface area contributed by atoms with Gasteiger partial charge in [0.25, 0.3) is 5.91 Å². The summed E-state index contributed by atoms with van der Waals surface area (Å²) in [6.07, 6.45) is 10.2. The predicted molar refractivity (Wildman–Crippen MR) is 135 cm³/mol. The third-order valence-corrected chi connectivity index (χ3v) is 7.04. The Morgan fingerprint density at radius 1 is 1.14 bits per heavy atom. The van der Waals surface area contributed by atoms with Crippen LogP contribution >= 0.6 is 0 Å². The van der Waals surface area contributed by atoms with E-state index in [-0.39, 0.29) is 34.6 Å². The van der Waals surface area contributed by atoms with Crippen LogP contribution in [-0.4, -0.2) is 33.5 Å². The number of amides is 2. The number of hydrogen-bond acceptors (Lipinski definition) is 5. The molecular weight excluding hydrogens is 444 g/mol. The Kier molecular flexibility index (Phi) is 7.63. The quantitative estimate of drug-likeness (QED) is 0.461. The van der Waals surface area contributed by atoms with Crippen molar-refractivity contribution in [1.82, 2.24) is 4.90 Å². The Bertz CT molecular complexity index is 1130. The number of phenols is 2. The molecule has 3 N–H and O–H groups in total. The molecule has 7 heteroatoms. The highest BCUT2D eigenvalue weighted by Crippen LogP contribution is 2.40. The molecule has 1 fully saturated rings. The molecule has 4 rings (SSSR count).